The van der Waals surface area contributed by atoms with Crippen molar-refractivity contribution < 1.29 is 10.2 Å². The molecule has 92 valence electrons. The third-order valence-corrected chi connectivity index (χ3v) is 3.04. The summed E-state index contributed by atoms with van der Waals surface area (Å²) in [4.78, 5) is 0. The molecule has 0 aliphatic heterocycles. The molecule has 2 nitrogen and oxygen atoms in total. The van der Waals surface area contributed by atoms with Crippen molar-refractivity contribution >= 4 is 0 Å². The van der Waals surface area contributed by atoms with E-state index in [9.17, 15) is 5.11 Å². The molecule has 0 aromatic heterocycles. The van der Waals surface area contributed by atoms with Gasteiger partial charge in [-0.3, -0.25) is 0 Å². The Bertz CT molecular complexity index is 136. The van der Waals surface area contributed by atoms with Crippen LogP contribution in [-0.2, 0) is 0 Å². The van der Waals surface area contributed by atoms with Crippen LogP contribution in [0, 0.1) is 0 Å². The molecular weight excluding hydrogens is 188 g/mol. The second kappa shape index (κ2) is 9.17. The lowest BCUT2D eigenvalue weighted by molar-refractivity contribution is -0.0311. The van der Waals surface area contributed by atoms with Gasteiger partial charge in [-0.2, -0.15) is 0 Å². The van der Waals surface area contributed by atoms with Gasteiger partial charge in [-0.05, 0) is 12.8 Å². The van der Waals surface area contributed by atoms with Crippen LogP contribution in [0.2, 0.25) is 0 Å². The van der Waals surface area contributed by atoms with Gasteiger partial charge in [0.05, 0.1) is 12.2 Å². The van der Waals surface area contributed by atoms with Gasteiger partial charge in [0.1, 0.15) is 0 Å². The molecule has 1 unspecified atom stereocenters. The first-order valence-electron chi connectivity index (χ1n) is 6.51. The van der Waals surface area contributed by atoms with Crippen LogP contribution in [0.15, 0.2) is 0 Å². The average Bonchev–Trinajstić information content (AvgIpc) is 2.26. The molecule has 0 radical (unpaired) electrons. The Morgan fingerprint density at radius 2 is 1.33 bits per heavy atom. The Morgan fingerprint density at radius 3 is 1.87 bits per heavy atom. The minimum Gasteiger partial charge on any atom is -0.393 e. The van der Waals surface area contributed by atoms with Crippen LogP contribution in [0.3, 0.4) is 0 Å². The van der Waals surface area contributed by atoms with Crippen LogP contribution in [-0.4, -0.2) is 22.4 Å². The van der Waals surface area contributed by atoms with E-state index in [0.717, 1.165) is 32.1 Å². The highest BCUT2D eigenvalue weighted by Crippen LogP contribution is 2.21. The topological polar surface area (TPSA) is 40.5 Å². The van der Waals surface area contributed by atoms with Crippen molar-refractivity contribution in [3.63, 3.8) is 0 Å². The van der Waals surface area contributed by atoms with E-state index in [-0.39, 0.29) is 6.61 Å². The van der Waals surface area contributed by atoms with Crippen molar-refractivity contribution in [1.82, 2.24) is 0 Å². The van der Waals surface area contributed by atoms with Crippen LogP contribution in [0.4, 0.5) is 0 Å². The standard InChI is InChI=1S/C13H28O2/c1-3-5-7-8-9-11-13(15,12-14)10-6-4-2/h14-15H,3-12H2,1-2H3. The molecule has 1 atom stereocenters. The summed E-state index contributed by atoms with van der Waals surface area (Å²) in [6, 6.07) is 0. The zero-order valence-corrected chi connectivity index (χ0v) is 10.5. The maximum absolute atomic E-state index is 10.1. The summed E-state index contributed by atoms with van der Waals surface area (Å²) in [6.07, 6.45) is 9.60. The second-order valence-electron chi connectivity index (χ2n) is 4.65. The van der Waals surface area contributed by atoms with Gasteiger partial charge < -0.3 is 10.2 Å². The minimum absolute atomic E-state index is 0.0826. The van der Waals surface area contributed by atoms with E-state index in [1.54, 1.807) is 0 Å². The number of hydrogen-bond acceptors (Lipinski definition) is 2. The molecule has 0 rings (SSSR count). The number of rotatable bonds is 10. The molecule has 2 heteroatoms. The summed E-state index contributed by atoms with van der Waals surface area (Å²) in [7, 11) is 0. The molecule has 0 saturated heterocycles. The van der Waals surface area contributed by atoms with Crippen molar-refractivity contribution in [2.75, 3.05) is 6.61 Å². The van der Waals surface area contributed by atoms with Gasteiger partial charge in [0.2, 0.25) is 0 Å². The number of aliphatic hydroxyl groups excluding tert-OH is 1. The first-order chi connectivity index (χ1) is 7.18. The van der Waals surface area contributed by atoms with Crippen molar-refractivity contribution in [3.05, 3.63) is 0 Å². The summed E-state index contributed by atoms with van der Waals surface area (Å²) in [5, 5.41) is 19.2. The molecule has 0 aliphatic carbocycles. The molecule has 0 spiro atoms. The molecule has 2 N–H and O–H groups in total. The van der Waals surface area contributed by atoms with Gasteiger partial charge >= 0.3 is 0 Å². The second-order valence-corrected chi connectivity index (χ2v) is 4.65. The predicted molar refractivity (Wildman–Crippen MR) is 64.9 cm³/mol. The van der Waals surface area contributed by atoms with Crippen LogP contribution in [0.5, 0.6) is 0 Å². The van der Waals surface area contributed by atoms with Crippen LogP contribution >= 0.6 is 0 Å². The van der Waals surface area contributed by atoms with E-state index < -0.39 is 5.60 Å². The highest BCUT2D eigenvalue weighted by molar-refractivity contribution is 4.77. The quantitative estimate of drug-likeness (QED) is 0.550. The largest absolute Gasteiger partial charge is 0.393 e. The molecule has 0 heterocycles. The average molecular weight is 216 g/mol. The van der Waals surface area contributed by atoms with E-state index in [1.807, 2.05) is 0 Å². The van der Waals surface area contributed by atoms with E-state index in [0.29, 0.717) is 0 Å². The zero-order chi connectivity index (χ0) is 11.6. The Kier molecular flexibility index (Phi) is 9.12. The smallest absolute Gasteiger partial charge is 0.0877 e. The molecule has 0 aromatic carbocycles. The fourth-order valence-electron chi connectivity index (χ4n) is 1.85. The lowest BCUT2D eigenvalue weighted by atomic mass is 9.91. The van der Waals surface area contributed by atoms with Crippen molar-refractivity contribution in [1.29, 1.82) is 0 Å². The number of unbranched alkanes of at least 4 members (excludes halogenated alkanes) is 5. The first-order valence-corrected chi connectivity index (χ1v) is 6.51. The molecule has 0 aliphatic rings. The van der Waals surface area contributed by atoms with Crippen LogP contribution < -0.4 is 0 Å². The van der Waals surface area contributed by atoms with Crippen molar-refractivity contribution in [2.24, 2.45) is 0 Å². The SMILES string of the molecule is CCCCCCCC(O)(CO)CCCC. The van der Waals surface area contributed by atoms with Gasteiger partial charge in [0.15, 0.2) is 0 Å². The number of aliphatic hydroxyl groups is 2. The maximum Gasteiger partial charge on any atom is 0.0877 e. The summed E-state index contributed by atoms with van der Waals surface area (Å²) < 4.78 is 0. The van der Waals surface area contributed by atoms with E-state index in [1.165, 1.54) is 25.7 Å². The van der Waals surface area contributed by atoms with Gasteiger partial charge in [-0.1, -0.05) is 58.8 Å². The van der Waals surface area contributed by atoms with E-state index in [2.05, 4.69) is 13.8 Å². The van der Waals surface area contributed by atoms with E-state index >= 15 is 0 Å². The highest BCUT2D eigenvalue weighted by atomic mass is 16.3. The Morgan fingerprint density at radius 1 is 0.800 bits per heavy atom. The summed E-state index contributed by atoms with van der Waals surface area (Å²) >= 11 is 0. The molecule has 0 amide bonds. The fourth-order valence-corrected chi connectivity index (χ4v) is 1.85. The molecule has 0 fully saturated rings. The minimum atomic E-state index is -0.803. The Labute approximate surface area is 94.7 Å². The van der Waals surface area contributed by atoms with Gasteiger partial charge in [0, 0.05) is 0 Å². The maximum atomic E-state index is 10.1. The lowest BCUT2D eigenvalue weighted by Crippen LogP contribution is -2.33. The Hall–Kier alpha value is -0.0800. The zero-order valence-electron chi connectivity index (χ0n) is 10.5. The summed E-state index contributed by atoms with van der Waals surface area (Å²) in [6.45, 7) is 4.23. The third kappa shape index (κ3) is 7.80. The fraction of sp³-hybridized carbons (Fsp3) is 1.00. The highest BCUT2D eigenvalue weighted by Gasteiger charge is 2.24. The van der Waals surface area contributed by atoms with Gasteiger partial charge in [-0.15, -0.1) is 0 Å². The van der Waals surface area contributed by atoms with Crippen LogP contribution in [0.25, 0.3) is 0 Å². The van der Waals surface area contributed by atoms with Crippen LogP contribution in [0.1, 0.15) is 71.6 Å². The predicted octanol–water partition coefficient (Wildman–Crippen LogP) is 3.26. The lowest BCUT2D eigenvalue weighted by Gasteiger charge is -2.25. The van der Waals surface area contributed by atoms with Gasteiger partial charge in [-0.25, -0.2) is 0 Å². The normalized spacial score (nSPS) is 15.2. The van der Waals surface area contributed by atoms with Crippen molar-refractivity contribution in [3.8, 4) is 0 Å². The molecule has 15 heavy (non-hydrogen) atoms. The molecule has 0 bridgehead atoms. The molecular formula is C13H28O2. The molecule has 0 saturated carbocycles. The molecule has 0 aromatic rings. The first kappa shape index (κ1) is 14.9. The third-order valence-electron chi connectivity index (χ3n) is 3.04. The summed E-state index contributed by atoms with van der Waals surface area (Å²) in [5.41, 5.74) is -0.803. The monoisotopic (exact) mass is 216 g/mol. The van der Waals surface area contributed by atoms with Crippen molar-refractivity contribution in [2.45, 2.75) is 77.2 Å². The Balaban J connectivity index is 3.58. The summed E-state index contributed by atoms with van der Waals surface area (Å²) in [5.74, 6) is 0. The number of hydrogen-bond donors (Lipinski definition) is 2. The van der Waals surface area contributed by atoms with Gasteiger partial charge in [0.25, 0.3) is 0 Å². The van der Waals surface area contributed by atoms with E-state index in [4.69, 9.17) is 5.11 Å².